The molecule has 1 saturated heterocycles. The third-order valence-electron chi connectivity index (χ3n) is 4.33. The van der Waals surface area contributed by atoms with Gasteiger partial charge in [0, 0.05) is 30.2 Å². The molecule has 1 aliphatic heterocycles. The largest absolute Gasteiger partial charge is 0.349 e. The van der Waals surface area contributed by atoms with E-state index in [2.05, 4.69) is 20.3 Å². The van der Waals surface area contributed by atoms with E-state index < -0.39 is 21.7 Å². The molecule has 0 spiro atoms. The van der Waals surface area contributed by atoms with E-state index in [0.717, 1.165) is 12.5 Å². The van der Waals surface area contributed by atoms with Crippen molar-refractivity contribution >= 4 is 26.9 Å². The van der Waals surface area contributed by atoms with Crippen LogP contribution in [-0.2, 0) is 10.0 Å². The Morgan fingerprint density at radius 1 is 1.19 bits per heavy atom. The predicted molar refractivity (Wildman–Crippen MR) is 96.5 cm³/mol. The summed E-state index contributed by atoms with van der Waals surface area (Å²) in [6.45, 7) is 0.566. The van der Waals surface area contributed by atoms with Crippen LogP contribution in [0, 0.1) is 11.6 Å². The van der Waals surface area contributed by atoms with Crippen LogP contribution in [0.15, 0.2) is 36.7 Å². The number of hydrogen-bond acceptors (Lipinski definition) is 6. The number of sulfonamides is 1. The van der Waals surface area contributed by atoms with Crippen LogP contribution in [0.25, 0.3) is 22.2 Å². The SMILES string of the molecule is CS(=O)(=O)N1CC(Nc2ncc(F)c(-c3cc(F)c4ncccc4c3)n2)C1. The van der Waals surface area contributed by atoms with E-state index in [1.807, 2.05) is 0 Å². The average Bonchev–Trinajstić information content (AvgIpc) is 2.58. The standard InChI is InChI=1S/C17H15F2N5O2S/c1-27(25,26)24-8-12(9-24)22-17-21-7-14(19)16(23-17)11-5-10-3-2-4-20-15(10)13(18)6-11/h2-7,12H,8-9H2,1H3,(H,21,22,23). The fourth-order valence-corrected chi connectivity index (χ4v) is 3.81. The number of rotatable bonds is 4. The molecule has 0 unspecified atom stereocenters. The van der Waals surface area contributed by atoms with E-state index in [1.54, 1.807) is 18.2 Å². The number of halogens is 2. The molecule has 2 aromatic heterocycles. The summed E-state index contributed by atoms with van der Waals surface area (Å²) in [5.41, 5.74) is 0.420. The highest BCUT2D eigenvalue weighted by atomic mass is 32.2. The number of hydrogen-bond donors (Lipinski definition) is 1. The molecule has 7 nitrogen and oxygen atoms in total. The van der Waals surface area contributed by atoms with Gasteiger partial charge in [-0.05, 0) is 18.2 Å². The summed E-state index contributed by atoms with van der Waals surface area (Å²) in [5.74, 6) is -1.11. The summed E-state index contributed by atoms with van der Waals surface area (Å²) in [7, 11) is -3.23. The summed E-state index contributed by atoms with van der Waals surface area (Å²) in [5, 5.41) is 3.50. The average molecular weight is 391 g/mol. The van der Waals surface area contributed by atoms with Crippen molar-refractivity contribution in [2.75, 3.05) is 24.7 Å². The Hall–Kier alpha value is -2.72. The molecule has 0 amide bonds. The van der Waals surface area contributed by atoms with Crippen molar-refractivity contribution in [3.63, 3.8) is 0 Å². The van der Waals surface area contributed by atoms with Gasteiger partial charge in [0.1, 0.15) is 17.0 Å². The number of aromatic nitrogens is 3. The molecule has 0 atom stereocenters. The predicted octanol–water partition coefficient (Wildman–Crippen LogP) is 2.03. The zero-order valence-electron chi connectivity index (χ0n) is 14.2. The van der Waals surface area contributed by atoms with Gasteiger partial charge in [0.2, 0.25) is 16.0 Å². The van der Waals surface area contributed by atoms with Crippen molar-refractivity contribution in [1.82, 2.24) is 19.3 Å². The van der Waals surface area contributed by atoms with Crippen LogP contribution in [0.1, 0.15) is 0 Å². The molecule has 3 aromatic rings. The van der Waals surface area contributed by atoms with Crippen LogP contribution in [0.3, 0.4) is 0 Å². The second-order valence-electron chi connectivity index (χ2n) is 6.34. The second kappa shape index (κ2) is 6.46. The smallest absolute Gasteiger partial charge is 0.223 e. The lowest BCUT2D eigenvalue weighted by Gasteiger charge is -2.37. The molecule has 1 N–H and O–H groups in total. The fraction of sp³-hybridized carbons (Fsp3) is 0.235. The molecule has 1 aliphatic rings. The molecule has 0 saturated carbocycles. The lowest BCUT2D eigenvalue weighted by molar-refractivity contribution is 0.282. The summed E-state index contributed by atoms with van der Waals surface area (Å²) >= 11 is 0. The van der Waals surface area contributed by atoms with E-state index in [1.165, 1.54) is 16.6 Å². The van der Waals surface area contributed by atoms with Gasteiger partial charge in [-0.3, -0.25) is 4.98 Å². The molecule has 0 aliphatic carbocycles. The quantitative estimate of drug-likeness (QED) is 0.732. The van der Waals surface area contributed by atoms with Gasteiger partial charge in [-0.2, -0.15) is 4.31 Å². The lowest BCUT2D eigenvalue weighted by Crippen LogP contribution is -2.56. The van der Waals surface area contributed by atoms with Crippen molar-refractivity contribution in [3.8, 4) is 11.3 Å². The van der Waals surface area contributed by atoms with Crippen molar-refractivity contribution in [1.29, 1.82) is 0 Å². The third-order valence-corrected chi connectivity index (χ3v) is 5.56. The first-order valence-corrected chi connectivity index (χ1v) is 9.95. The first kappa shape index (κ1) is 17.7. The highest BCUT2D eigenvalue weighted by Gasteiger charge is 2.33. The molecule has 140 valence electrons. The Morgan fingerprint density at radius 3 is 2.70 bits per heavy atom. The minimum atomic E-state index is -3.23. The van der Waals surface area contributed by atoms with Crippen molar-refractivity contribution < 1.29 is 17.2 Å². The van der Waals surface area contributed by atoms with Crippen LogP contribution in [0.2, 0.25) is 0 Å². The first-order chi connectivity index (χ1) is 12.8. The van der Waals surface area contributed by atoms with Gasteiger partial charge in [-0.1, -0.05) is 6.07 Å². The van der Waals surface area contributed by atoms with Crippen molar-refractivity contribution in [3.05, 3.63) is 48.3 Å². The maximum absolute atomic E-state index is 14.3. The van der Waals surface area contributed by atoms with Crippen LogP contribution in [-0.4, -0.2) is 53.1 Å². The Kier molecular flexibility index (Phi) is 4.23. The molecule has 0 bridgehead atoms. The van der Waals surface area contributed by atoms with Crippen molar-refractivity contribution in [2.45, 2.75) is 6.04 Å². The lowest BCUT2D eigenvalue weighted by atomic mass is 10.1. The van der Waals surface area contributed by atoms with Gasteiger partial charge < -0.3 is 5.32 Å². The van der Waals surface area contributed by atoms with Crippen LogP contribution >= 0.6 is 0 Å². The Bertz CT molecular complexity index is 1130. The minimum absolute atomic E-state index is 0.0450. The molecular weight excluding hydrogens is 376 g/mol. The highest BCUT2D eigenvalue weighted by Crippen LogP contribution is 2.27. The molecule has 1 aromatic carbocycles. The zero-order chi connectivity index (χ0) is 19.2. The molecule has 4 rings (SSSR count). The van der Waals surface area contributed by atoms with E-state index in [0.29, 0.717) is 5.39 Å². The number of benzene rings is 1. The zero-order valence-corrected chi connectivity index (χ0v) is 15.0. The highest BCUT2D eigenvalue weighted by molar-refractivity contribution is 7.88. The summed E-state index contributed by atoms with van der Waals surface area (Å²) in [4.78, 5) is 12.0. The number of pyridine rings is 1. The maximum Gasteiger partial charge on any atom is 0.223 e. The van der Waals surface area contributed by atoms with Gasteiger partial charge in [0.15, 0.2) is 5.82 Å². The normalized spacial score (nSPS) is 15.7. The topological polar surface area (TPSA) is 88.1 Å². The molecular formula is C17H15F2N5O2S. The molecule has 3 heterocycles. The Morgan fingerprint density at radius 2 is 1.96 bits per heavy atom. The molecule has 1 fully saturated rings. The monoisotopic (exact) mass is 391 g/mol. The van der Waals surface area contributed by atoms with E-state index in [-0.39, 0.29) is 41.9 Å². The second-order valence-corrected chi connectivity index (χ2v) is 8.33. The third kappa shape index (κ3) is 3.45. The van der Waals surface area contributed by atoms with Crippen LogP contribution in [0.4, 0.5) is 14.7 Å². The van der Waals surface area contributed by atoms with E-state index in [9.17, 15) is 17.2 Å². The van der Waals surface area contributed by atoms with Gasteiger partial charge in [0.25, 0.3) is 0 Å². The van der Waals surface area contributed by atoms with E-state index >= 15 is 0 Å². The molecule has 0 radical (unpaired) electrons. The number of nitrogens with one attached hydrogen (secondary N) is 1. The molecule has 27 heavy (non-hydrogen) atoms. The van der Waals surface area contributed by atoms with Gasteiger partial charge in [0.05, 0.1) is 18.5 Å². The first-order valence-electron chi connectivity index (χ1n) is 8.10. The maximum atomic E-state index is 14.3. The Labute approximate surface area is 154 Å². The number of anilines is 1. The summed E-state index contributed by atoms with van der Waals surface area (Å²) in [6.07, 6.45) is 3.62. The number of nitrogens with zero attached hydrogens (tertiary/aromatic N) is 4. The van der Waals surface area contributed by atoms with Crippen LogP contribution in [0.5, 0.6) is 0 Å². The Balaban J connectivity index is 1.62. The van der Waals surface area contributed by atoms with Crippen molar-refractivity contribution in [2.24, 2.45) is 0 Å². The van der Waals surface area contributed by atoms with E-state index in [4.69, 9.17) is 0 Å². The summed E-state index contributed by atoms with van der Waals surface area (Å²) in [6, 6.07) is 5.96. The summed E-state index contributed by atoms with van der Waals surface area (Å²) < 4.78 is 52.7. The van der Waals surface area contributed by atoms with Gasteiger partial charge in [-0.15, -0.1) is 0 Å². The van der Waals surface area contributed by atoms with Gasteiger partial charge >= 0.3 is 0 Å². The molecule has 10 heteroatoms. The van der Waals surface area contributed by atoms with Gasteiger partial charge in [-0.25, -0.2) is 27.2 Å². The number of fused-ring (bicyclic) bond motifs is 1. The minimum Gasteiger partial charge on any atom is -0.349 e. The fourth-order valence-electron chi connectivity index (χ4n) is 2.91. The van der Waals surface area contributed by atoms with Crippen LogP contribution < -0.4 is 5.32 Å².